The Labute approximate surface area is 125 Å². The minimum absolute atomic E-state index is 0.201. The molecule has 2 aromatic rings. The molecule has 1 N–H and O–H groups in total. The van der Waals surface area contributed by atoms with Gasteiger partial charge in [-0.3, -0.25) is 0 Å². The molecule has 20 heavy (non-hydrogen) atoms. The van der Waals surface area contributed by atoms with Crippen LogP contribution in [-0.2, 0) is 4.74 Å². The zero-order valence-corrected chi connectivity index (χ0v) is 13.1. The Morgan fingerprint density at radius 3 is 2.85 bits per heavy atom. The number of rotatable bonds is 3. The molecule has 3 heteroatoms. The minimum atomic E-state index is 0.201. The Hall–Kier alpha value is -0.900. The van der Waals surface area contributed by atoms with Crippen molar-refractivity contribution in [2.75, 3.05) is 19.7 Å². The molecule has 1 aliphatic heterocycles. The van der Waals surface area contributed by atoms with E-state index in [9.17, 15) is 0 Å². The second kappa shape index (κ2) is 5.84. The van der Waals surface area contributed by atoms with Crippen LogP contribution in [0.2, 0.25) is 0 Å². The van der Waals surface area contributed by atoms with E-state index in [1.54, 1.807) is 0 Å². The number of ether oxygens (including phenoxy) is 1. The van der Waals surface area contributed by atoms with Crippen LogP contribution in [0.25, 0.3) is 10.1 Å². The van der Waals surface area contributed by atoms with E-state index >= 15 is 0 Å². The predicted octanol–water partition coefficient (Wildman–Crippen LogP) is 4.37. The van der Waals surface area contributed by atoms with E-state index in [0.29, 0.717) is 5.41 Å². The first-order valence-corrected chi connectivity index (χ1v) is 8.39. The van der Waals surface area contributed by atoms with E-state index < -0.39 is 0 Å². The summed E-state index contributed by atoms with van der Waals surface area (Å²) < 4.78 is 7.62. The van der Waals surface area contributed by atoms with Crippen molar-refractivity contribution in [3.8, 4) is 0 Å². The molecular formula is C17H23NOS. The zero-order chi connectivity index (χ0) is 14.0. The van der Waals surface area contributed by atoms with Crippen LogP contribution in [0, 0.1) is 5.41 Å². The lowest BCUT2D eigenvalue weighted by Crippen LogP contribution is -2.34. The number of hydrogen-bond donors (Lipinski definition) is 1. The highest BCUT2D eigenvalue weighted by atomic mass is 32.1. The molecule has 108 valence electrons. The third-order valence-electron chi connectivity index (χ3n) is 4.68. The fraction of sp³-hybridized carbons (Fsp3) is 0.529. The van der Waals surface area contributed by atoms with Gasteiger partial charge >= 0.3 is 0 Å². The number of fused-ring (bicyclic) bond motifs is 1. The van der Waals surface area contributed by atoms with Gasteiger partial charge in [0.05, 0.1) is 6.61 Å². The molecule has 1 aliphatic rings. The predicted molar refractivity (Wildman–Crippen MR) is 86.4 cm³/mol. The molecular weight excluding hydrogens is 266 g/mol. The van der Waals surface area contributed by atoms with Gasteiger partial charge < -0.3 is 10.1 Å². The van der Waals surface area contributed by atoms with Crippen LogP contribution in [0.5, 0.6) is 0 Å². The fourth-order valence-corrected chi connectivity index (χ4v) is 4.02. The van der Waals surface area contributed by atoms with Crippen LogP contribution in [0.4, 0.5) is 0 Å². The molecule has 1 aromatic carbocycles. The van der Waals surface area contributed by atoms with Gasteiger partial charge in [0.2, 0.25) is 0 Å². The van der Waals surface area contributed by atoms with Crippen molar-refractivity contribution in [3.05, 3.63) is 35.2 Å². The summed E-state index contributed by atoms with van der Waals surface area (Å²) in [5, 5.41) is 4.95. The number of nitrogens with one attached hydrogen (secondary N) is 1. The van der Waals surface area contributed by atoms with E-state index in [1.807, 2.05) is 11.3 Å². The summed E-state index contributed by atoms with van der Waals surface area (Å²) in [6, 6.07) is 10.9. The zero-order valence-electron chi connectivity index (χ0n) is 12.3. The molecule has 0 saturated carbocycles. The Bertz CT molecular complexity index is 540. The molecule has 1 atom stereocenters. The van der Waals surface area contributed by atoms with Crippen LogP contribution >= 0.6 is 11.3 Å². The van der Waals surface area contributed by atoms with Gasteiger partial charge in [0, 0.05) is 28.1 Å². The van der Waals surface area contributed by atoms with Crippen molar-refractivity contribution in [2.24, 2.45) is 5.41 Å². The van der Waals surface area contributed by atoms with Crippen molar-refractivity contribution in [2.45, 2.75) is 32.8 Å². The average Bonchev–Trinajstić information content (AvgIpc) is 2.80. The van der Waals surface area contributed by atoms with Crippen molar-refractivity contribution in [1.82, 2.24) is 5.32 Å². The van der Waals surface area contributed by atoms with Crippen molar-refractivity contribution in [1.29, 1.82) is 0 Å². The molecule has 2 nitrogen and oxygen atoms in total. The Morgan fingerprint density at radius 1 is 1.30 bits per heavy atom. The van der Waals surface area contributed by atoms with Crippen LogP contribution in [0.15, 0.2) is 30.3 Å². The SMILES string of the molecule is CCC1(CC)CNCC(c2cc3ccccc3s2)OC1. The maximum Gasteiger partial charge on any atom is 0.104 e. The first-order valence-electron chi connectivity index (χ1n) is 7.57. The summed E-state index contributed by atoms with van der Waals surface area (Å²) in [5.74, 6) is 0. The summed E-state index contributed by atoms with van der Waals surface area (Å²) >= 11 is 1.86. The highest BCUT2D eigenvalue weighted by Gasteiger charge is 2.31. The smallest absolute Gasteiger partial charge is 0.104 e. The molecule has 1 saturated heterocycles. The molecule has 0 bridgehead atoms. The van der Waals surface area contributed by atoms with Gasteiger partial charge in [0.1, 0.15) is 6.10 Å². The van der Waals surface area contributed by atoms with E-state index in [2.05, 4.69) is 49.5 Å². The molecule has 1 fully saturated rings. The summed E-state index contributed by atoms with van der Waals surface area (Å²) in [6.45, 7) is 7.41. The van der Waals surface area contributed by atoms with Gasteiger partial charge in [-0.1, -0.05) is 32.0 Å². The third-order valence-corrected chi connectivity index (χ3v) is 5.89. The van der Waals surface area contributed by atoms with Crippen LogP contribution in [-0.4, -0.2) is 19.7 Å². The normalized spacial score (nSPS) is 22.8. The summed E-state index contributed by atoms with van der Waals surface area (Å²) in [7, 11) is 0. The van der Waals surface area contributed by atoms with Gasteiger partial charge in [0.25, 0.3) is 0 Å². The maximum absolute atomic E-state index is 6.26. The Balaban J connectivity index is 1.81. The van der Waals surface area contributed by atoms with Gasteiger partial charge in [-0.05, 0) is 30.4 Å². The minimum Gasteiger partial charge on any atom is -0.371 e. The maximum atomic E-state index is 6.26. The second-order valence-corrected chi connectivity index (χ2v) is 6.94. The van der Waals surface area contributed by atoms with Crippen LogP contribution in [0.1, 0.15) is 37.7 Å². The molecule has 0 spiro atoms. The quantitative estimate of drug-likeness (QED) is 0.906. The highest BCUT2D eigenvalue weighted by Crippen LogP contribution is 2.35. The summed E-state index contributed by atoms with van der Waals surface area (Å²) in [6.07, 6.45) is 2.55. The lowest BCUT2D eigenvalue weighted by Gasteiger charge is -2.29. The van der Waals surface area contributed by atoms with Crippen LogP contribution < -0.4 is 5.32 Å². The third kappa shape index (κ3) is 2.62. The van der Waals surface area contributed by atoms with Gasteiger partial charge in [0.15, 0.2) is 0 Å². The van der Waals surface area contributed by atoms with Crippen LogP contribution in [0.3, 0.4) is 0 Å². The fourth-order valence-electron chi connectivity index (χ4n) is 2.90. The van der Waals surface area contributed by atoms with E-state index in [1.165, 1.54) is 27.8 Å². The van der Waals surface area contributed by atoms with E-state index in [4.69, 9.17) is 4.74 Å². The Kier molecular flexibility index (Phi) is 4.11. The lowest BCUT2D eigenvalue weighted by atomic mass is 9.83. The number of hydrogen-bond acceptors (Lipinski definition) is 3. The molecule has 2 heterocycles. The van der Waals surface area contributed by atoms with E-state index in [-0.39, 0.29) is 6.10 Å². The van der Waals surface area contributed by atoms with Gasteiger partial charge in [-0.15, -0.1) is 11.3 Å². The van der Waals surface area contributed by atoms with Crippen molar-refractivity contribution in [3.63, 3.8) is 0 Å². The monoisotopic (exact) mass is 289 g/mol. The molecule has 0 amide bonds. The van der Waals surface area contributed by atoms with Crippen molar-refractivity contribution < 1.29 is 4.74 Å². The molecule has 3 rings (SSSR count). The topological polar surface area (TPSA) is 21.3 Å². The standard InChI is InChI=1S/C17H23NOS/c1-3-17(4-2)11-18-10-14(19-12-17)16-9-13-7-5-6-8-15(13)20-16/h5-9,14,18H,3-4,10-12H2,1-2H3. The lowest BCUT2D eigenvalue weighted by molar-refractivity contribution is 0.0119. The Morgan fingerprint density at radius 2 is 2.10 bits per heavy atom. The summed E-state index contributed by atoms with van der Waals surface area (Å²) in [4.78, 5) is 1.35. The first kappa shape index (κ1) is 14.1. The summed E-state index contributed by atoms with van der Waals surface area (Å²) in [5.41, 5.74) is 0.311. The highest BCUT2D eigenvalue weighted by molar-refractivity contribution is 7.19. The van der Waals surface area contributed by atoms with Gasteiger partial charge in [-0.2, -0.15) is 0 Å². The van der Waals surface area contributed by atoms with Crippen molar-refractivity contribution >= 4 is 21.4 Å². The average molecular weight is 289 g/mol. The molecule has 1 unspecified atom stereocenters. The number of benzene rings is 1. The van der Waals surface area contributed by atoms with E-state index in [0.717, 1.165) is 19.7 Å². The molecule has 0 aliphatic carbocycles. The second-order valence-electron chi connectivity index (χ2n) is 5.82. The number of thiophene rings is 1. The van der Waals surface area contributed by atoms with Gasteiger partial charge in [-0.25, -0.2) is 0 Å². The first-order chi connectivity index (χ1) is 9.76. The largest absolute Gasteiger partial charge is 0.371 e. The molecule has 0 radical (unpaired) electrons. The molecule has 1 aromatic heterocycles.